The number of hydrogen-bond donors (Lipinski definition) is 2. The number of nitrogens with zero attached hydrogens (tertiary/aromatic N) is 4. The number of nitriles is 1. The molecule has 2 N–H and O–H groups in total. The number of benzene rings is 1. The van der Waals surface area contributed by atoms with Gasteiger partial charge >= 0.3 is 0 Å². The average Bonchev–Trinajstić information content (AvgIpc) is 2.67. The normalized spacial score (nSPS) is 10.9. The number of halogens is 1. The summed E-state index contributed by atoms with van der Waals surface area (Å²) >= 11 is 1.49. The zero-order valence-corrected chi connectivity index (χ0v) is 16.9. The SMILES string of the molecule is CC(C)CCSc1nc(-c2ccc(F)cc2)c(C#N)c(N(CCO)CCO)n1. The molecule has 0 spiro atoms. The largest absolute Gasteiger partial charge is 0.395 e. The molecule has 150 valence electrons. The van der Waals surface area contributed by atoms with E-state index in [0.29, 0.717) is 28.1 Å². The predicted octanol–water partition coefficient (Wildman–Crippen LogP) is 3.08. The van der Waals surface area contributed by atoms with Crippen LogP contribution < -0.4 is 4.90 Å². The number of aromatic nitrogens is 2. The van der Waals surface area contributed by atoms with Gasteiger partial charge in [-0.3, -0.25) is 0 Å². The van der Waals surface area contributed by atoms with Gasteiger partial charge in [-0.1, -0.05) is 25.6 Å². The maximum Gasteiger partial charge on any atom is 0.190 e. The van der Waals surface area contributed by atoms with Gasteiger partial charge < -0.3 is 15.1 Å². The zero-order chi connectivity index (χ0) is 20.5. The van der Waals surface area contributed by atoms with Crippen LogP contribution in [0.4, 0.5) is 10.2 Å². The van der Waals surface area contributed by atoms with Crippen LogP contribution in [-0.2, 0) is 0 Å². The van der Waals surface area contributed by atoms with E-state index in [-0.39, 0.29) is 37.7 Å². The standard InChI is InChI=1S/C20H25FN4O2S/c1-14(2)7-12-28-20-23-18(15-3-5-16(21)6-4-15)17(13-22)19(24-20)25(8-10-26)9-11-27/h3-6,14,26-27H,7-12H2,1-2H3. The van der Waals surface area contributed by atoms with E-state index < -0.39 is 0 Å². The third-order valence-electron chi connectivity index (χ3n) is 4.06. The lowest BCUT2D eigenvalue weighted by molar-refractivity contribution is 0.280. The van der Waals surface area contributed by atoms with Crippen LogP contribution in [-0.4, -0.2) is 52.2 Å². The van der Waals surface area contributed by atoms with Crippen molar-refractivity contribution in [3.8, 4) is 17.3 Å². The van der Waals surface area contributed by atoms with E-state index in [1.165, 1.54) is 23.9 Å². The lowest BCUT2D eigenvalue weighted by Gasteiger charge is -2.24. The fourth-order valence-corrected chi connectivity index (χ4v) is 3.67. The Morgan fingerprint density at radius 2 is 1.79 bits per heavy atom. The molecule has 28 heavy (non-hydrogen) atoms. The van der Waals surface area contributed by atoms with E-state index >= 15 is 0 Å². The minimum Gasteiger partial charge on any atom is -0.395 e. The van der Waals surface area contributed by atoms with Gasteiger partial charge in [-0.2, -0.15) is 5.26 Å². The first kappa shape index (κ1) is 22.1. The summed E-state index contributed by atoms with van der Waals surface area (Å²) in [6.07, 6.45) is 0.992. The smallest absolute Gasteiger partial charge is 0.190 e. The Hall–Kier alpha value is -2.21. The Morgan fingerprint density at radius 3 is 2.32 bits per heavy atom. The van der Waals surface area contributed by atoms with Gasteiger partial charge in [0.15, 0.2) is 11.0 Å². The fraction of sp³-hybridized carbons (Fsp3) is 0.450. The zero-order valence-electron chi connectivity index (χ0n) is 16.1. The summed E-state index contributed by atoms with van der Waals surface area (Å²) in [5.74, 6) is 1.37. The van der Waals surface area contributed by atoms with Crippen LogP contribution in [0, 0.1) is 23.1 Å². The van der Waals surface area contributed by atoms with Gasteiger partial charge in [0.1, 0.15) is 17.4 Å². The van der Waals surface area contributed by atoms with Crippen molar-refractivity contribution in [3.05, 3.63) is 35.6 Å². The number of thioether (sulfide) groups is 1. The summed E-state index contributed by atoms with van der Waals surface area (Å²) in [7, 11) is 0. The molecule has 0 unspecified atom stereocenters. The number of hydrogen-bond acceptors (Lipinski definition) is 7. The van der Waals surface area contributed by atoms with E-state index in [4.69, 9.17) is 0 Å². The van der Waals surface area contributed by atoms with Crippen molar-refractivity contribution in [2.75, 3.05) is 37.0 Å². The highest BCUT2D eigenvalue weighted by molar-refractivity contribution is 7.99. The van der Waals surface area contributed by atoms with Crippen molar-refractivity contribution < 1.29 is 14.6 Å². The van der Waals surface area contributed by atoms with E-state index in [1.54, 1.807) is 17.0 Å². The van der Waals surface area contributed by atoms with Crippen LogP contribution in [0.25, 0.3) is 11.3 Å². The molecule has 6 nitrogen and oxygen atoms in total. The van der Waals surface area contributed by atoms with Crippen molar-refractivity contribution in [1.82, 2.24) is 9.97 Å². The van der Waals surface area contributed by atoms with Crippen molar-refractivity contribution in [3.63, 3.8) is 0 Å². The summed E-state index contributed by atoms with van der Waals surface area (Å²) in [4.78, 5) is 10.8. The van der Waals surface area contributed by atoms with Gasteiger partial charge in [-0.15, -0.1) is 0 Å². The second-order valence-electron chi connectivity index (χ2n) is 6.64. The van der Waals surface area contributed by atoms with Crippen molar-refractivity contribution in [1.29, 1.82) is 5.26 Å². The number of rotatable bonds is 10. The molecular weight excluding hydrogens is 379 g/mol. The van der Waals surface area contributed by atoms with Gasteiger partial charge in [0, 0.05) is 24.4 Å². The molecule has 1 aromatic carbocycles. The Kier molecular flexibility index (Phi) is 8.64. The van der Waals surface area contributed by atoms with Crippen LogP contribution in [0.3, 0.4) is 0 Å². The summed E-state index contributed by atoms with van der Waals surface area (Å²) in [5, 5.41) is 29.0. The Balaban J connectivity index is 2.55. The highest BCUT2D eigenvalue weighted by Crippen LogP contribution is 2.31. The molecule has 2 aromatic rings. The molecule has 0 radical (unpaired) electrons. The molecule has 0 amide bonds. The Bertz CT molecular complexity index is 803. The maximum absolute atomic E-state index is 13.3. The monoisotopic (exact) mass is 404 g/mol. The van der Waals surface area contributed by atoms with Gasteiger partial charge in [-0.05, 0) is 36.6 Å². The lowest BCUT2D eigenvalue weighted by atomic mass is 10.1. The second-order valence-corrected chi connectivity index (χ2v) is 7.70. The molecule has 8 heteroatoms. The number of anilines is 1. The summed E-state index contributed by atoms with van der Waals surface area (Å²) < 4.78 is 13.3. The first-order valence-corrected chi connectivity index (χ1v) is 10.2. The van der Waals surface area contributed by atoms with Gasteiger partial charge in [0.05, 0.1) is 18.9 Å². The number of aliphatic hydroxyl groups is 2. The highest BCUT2D eigenvalue weighted by atomic mass is 32.2. The third kappa shape index (κ3) is 5.89. The quantitative estimate of drug-likeness (QED) is 0.464. The van der Waals surface area contributed by atoms with Crippen molar-refractivity contribution in [2.24, 2.45) is 5.92 Å². The molecule has 0 saturated carbocycles. The average molecular weight is 405 g/mol. The molecule has 0 aliphatic rings. The van der Waals surface area contributed by atoms with Crippen LogP contribution in [0.2, 0.25) is 0 Å². The van der Waals surface area contributed by atoms with Crippen LogP contribution in [0.15, 0.2) is 29.4 Å². The second kappa shape index (κ2) is 11.0. The topological polar surface area (TPSA) is 93.3 Å². The molecular formula is C20H25FN4O2S. The highest BCUT2D eigenvalue weighted by Gasteiger charge is 2.21. The molecule has 0 aliphatic carbocycles. The first-order valence-electron chi connectivity index (χ1n) is 9.17. The van der Waals surface area contributed by atoms with Crippen LogP contribution in [0.1, 0.15) is 25.8 Å². The minimum atomic E-state index is -0.370. The minimum absolute atomic E-state index is 0.142. The van der Waals surface area contributed by atoms with Gasteiger partial charge in [0.25, 0.3) is 0 Å². The predicted molar refractivity (Wildman–Crippen MR) is 109 cm³/mol. The number of aliphatic hydroxyl groups excluding tert-OH is 2. The molecule has 0 atom stereocenters. The first-order chi connectivity index (χ1) is 13.5. The maximum atomic E-state index is 13.3. The Morgan fingerprint density at radius 1 is 1.14 bits per heavy atom. The van der Waals surface area contributed by atoms with Crippen LogP contribution >= 0.6 is 11.8 Å². The Labute approximate surface area is 169 Å². The van der Waals surface area contributed by atoms with E-state index in [0.717, 1.165) is 12.2 Å². The molecule has 0 bridgehead atoms. The molecule has 0 fully saturated rings. The van der Waals surface area contributed by atoms with Gasteiger partial charge in [-0.25, -0.2) is 14.4 Å². The molecule has 1 heterocycles. The third-order valence-corrected chi connectivity index (χ3v) is 4.95. The van der Waals surface area contributed by atoms with E-state index in [9.17, 15) is 19.9 Å². The molecule has 2 rings (SSSR count). The van der Waals surface area contributed by atoms with Gasteiger partial charge in [0.2, 0.25) is 0 Å². The van der Waals surface area contributed by atoms with E-state index in [1.807, 2.05) is 0 Å². The van der Waals surface area contributed by atoms with Crippen LogP contribution in [0.5, 0.6) is 0 Å². The summed E-state index contributed by atoms with van der Waals surface area (Å²) in [6, 6.07) is 7.94. The van der Waals surface area contributed by atoms with E-state index in [2.05, 4.69) is 29.9 Å². The fourth-order valence-electron chi connectivity index (χ4n) is 2.59. The molecule has 0 saturated heterocycles. The van der Waals surface area contributed by atoms with Crippen molar-refractivity contribution in [2.45, 2.75) is 25.4 Å². The van der Waals surface area contributed by atoms with Crippen molar-refractivity contribution >= 4 is 17.6 Å². The molecule has 1 aromatic heterocycles. The summed E-state index contributed by atoms with van der Waals surface area (Å²) in [5.41, 5.74) is 1.27. The summed E-state index contributed by atoms with van der Waals surface area (Å²) in [6.45, 7) is 4.45. The molecule has 0 aliphatic heterocycles. The lowest BCUT2D eigenvalue weighted by Crippen LogP contribution is -2.31.